The highest BCUT2D eigenvalue weighted by atomic mass is 32.2. The normalized spacial score (nSPS) is 13.4. The van der Waals surface area contributed by atoms with Crippen LogP contribution in [0.15, 0.2) is 23.1 Å². The minimum atomic E-state index is 0.102. The first-order valence-electron chi connectivity index (χ1n) is 8.29. The Labute approximate surface area is 142 Å². The quantitative estimate of drug-likeness (QED) is 0.535. The molecule has 0 radical (unpaired) electrons. The van der Waals surface area contributed by atoms with Gasteiger partial charge in [0.15, 0.2) is 11.5 Å². The minimum Gasteiger partial charge on any atom is -0.490 e. The van der Waals surface area contributed by atoms with Crippen molar-refractivity contribution in [2.75, 3.05) is 38.6 Å². The molecule has 0 spiro atoms. The number of hydrogen-bond acceptors (Lipinski definition) is 5. The zero-order chi connectivity index (χ0) is 16.3. The summed E-state index contributed by atoms with van der Waals surface area (Å²) in [4.78, 5) is 12.9. The van der Waals surface area contributed by atoms with Crippen LogP contribution in [-0.4, -0.2) is 44.5 Å². The van der Waals surface area contributed by atoms with E-state index in [1.807, 2.05) is 18.2 Å². The van der Waals surface area contributed by atoms with Crippen molar-refractivity contribution in [3.05, 3.63) is 18.2 Å². The van der Waals surface area contributed by atoms with Crippen LogP contribution in [0.4, 0.5) is 0 Å². The molecule has 0 bridgehead atoms. The van der Waals surface area contributed by atoms with Gasteiger partial charge in [-0.15, -0.1) is 11.8 Å². The maximum atomic E-state index is 11.7. The van der Waals surface area contributed by atoms with Crippen LogP contribution < -0.4 is 20.1 Å². The van der Waals surface area contributed by atoms with E-state index in [2.05, 4.69) is 17.6 Å². The summed E-state index contributed by atoms with van der Waals surface area (Å²) >= 11 is 1.66. The van der Waals surface area contributed by atoms with E-state index in [1.165, 1.54) is 0 Å². The zero-order valence-corrected chi connectivity index (χ0v) is 14.5. The number of amides is 1. The molecule has 6 heteroatoms. The molecule has 0 atom stereocenters. The van der Waals surface area contributed by atoms with Gasteiger partial charge in [-0.25, -0.2) is 0 Å². The van der Waals surface area contributed by atoms with Gasteiger partial charge in [-0.3, -0.25) is 4.79 Å². The van der Waals surface area contributed by atoms with Gasteiger partial charge < -0.3 is 20.1 Å². The largest absolute Gasteiger partial charge is 0.490 e. The van der Waals surface area contributed by atoms with E-state index in [0.717, 1.165) is 48.1 Å². The second-order valence-corrected chi connectivity index (χ2v) is 6.53. The molecular weight excluding hydrogens is 312 g/mol. The van der Waals surface area contributed by atoms with Gasteiger partial charge in [-0.05, 0) is 31.2 Å². The number of fused-ring (bicyclic) bond motifs is 1. The van der Waals surface area contributed by atoms with E-state index in [-0.39, 0.29) is 5.91 Å². The van der Waals surface area contributed by atoms with Gasteiger partial charge in [0.2, 0.25) is 5.91 Å². The van der Waals surface area contributed by atoms with Crippen LogP contribution in [0.3, 0.4) is 0 Å². The third kappa shape index (κ3) is 6.71. The third-order valence-electron chi connectivity index (χ3n) is 3.37. The number of ether oxygens (including phenoxy) is 2. The second-order valence-electron chi connectivity index (χ2n) is 5.36. The first-order valence-corrected chi connectivity index (χ1v) is 9.28. The smallest absolute Gasteiger partial charge is 0.220 e. The molecule has 1 aromatic rings. The van der Waals surface area contributed by atoms with Crippen molar-refractivity contribution >= 4 is 17.7 Å². The highest BCUT2D eigenvalue weighted by molar-refractivity contribution is 7.99. The Morgan fingerprint density at radius 2 is 2.00 bits per heavy atom. The van der Waals surface area contributed by atoms with Crippen molar-refractivity contribution in [2.24, 2.45) is 0 Å². The molecule has 1 amide bonds. The average Bonchev–Trinajstić information content (AvgIpc) is 2.79. The zero-order valence-electron chi connectivity index (χ0n) is 13.7. The lowest BCUT2D eigenvalue weighted by Gasteiger charge is -2.09. The van der Waals surface area contributed by atoms with Crippen molar-refractivity contribution in [2.45, 2.75) is 31.1 Å². The molecule has 0 saturated heterocycles. The summed E-state index contributed by atoms with van der Waals surface area (Å²) in [6.45, 7) is 6.03. The first kappa shape index (κ1) is 17.9. The Morgan fingerprint density at radius 1 is 1.17 bits per heavy atom. The molecule has 0 aromatic heterocycles. The lowest BCUT2D eigenvalue weighted by atomic mass is 10.3. The summed E-state index contributed by atoms with van der Waals surface area (Å²) in [6.07, 6.45) is 2.54. The van der Waals surface area contributed by atoms with Gasteiger partial charge in [0, 0.05) is 36.6 Å². The molecule has 23 heavy (non-hydrogen) atoms. The molecule has 5 nitrogen and oxygen atoms in total. The van der Waals surface area contributed by atoms with Gasteiger partial charge in [-0.2, -0.15) is 0 Å². The van der Waals surface area contributed by atoms with Gasteiger partial charge in [0.1, 0.15) is 0 Å². The third-order valence-corrected chi connectivity index (χ3v) is 4.36. The summed E-state index contributed by atoms with van der Waals surface area (Å²) < 4.78 is 11.3. The molecule has 1 aliphatic rings. The summed E-state index contributed by atoms with van der Waals surface area (Å²) in [5.41, 5.74) is 0. The summed E-state index contributed by atoms with van der Waals surface area (Å²) in [6, 6.07) is 5.96. The number of nitrogens with one attached hydrogen (secondary N) is 2. The second kappa shape index (κ2) is 10.4. The maximum absolute atomic E-state index is 11.7. The molecule has 1 heterocycles. The number of benzene rings is 1. The van der Waals surface area contributed by atoms with Crippen LogP contribution in [0, 0.1) is 0 Å². The van der Waals surface area contributed by atoms with Crippen molar-refractivity contribution in [1.82, 2.24) is 10.6 Å². The Kier molecular flexibility index (Phi) is 8.11. The van der Waals surface area contributed by atoms with Gasteiger partial charge in [0.05, 0.1) is 13.2 Å². The average molecular weight is 338 g/mol. The Bertz CT molecular complexity index is 497. The van der Waals surface area contributed by atoms with E-state index in [1.54, 1.807) is 11.8 Å². The van der Waals surface area contributed by atoms with Gasteiger partial charge >= 0.3 is 0 Å². The van der Waals surface area contributed by atoms with Crippen LogP contribution >= 0.6 is 11.8 Å². The lowest BCUT2D eigenvalue weighted by molar-refractivity contribution is -0.120. The molecule has 1 aromatic carbocycles. The Balaban J connectivity index is 1.66. The van der Waals surface area contributed by atoms with Gasteiger partial charge in [0.25, 0.3) is 0 Å². The van der Waals surface area contributed by atoms with E-state index < -0.39 is 0 Å². The van der Waals surface area contributed by atoms with Crippen molar-refractivity contribution < 1.29 is 14.3 Å². The van der Waals surface area contributed by atoms with Crippen LogP contribution in [0.2, 0.25) is 0 Å². The first-order chi connectivity index (χ1) is 11.3. The topological polar surface area (TPSA) is 59.6 Å². The number of rotatable bonds is 9. The molecule has 0 saturated carbocycles. The Hall–Kier alpha value is -1.40. The van der Waals surface area contributed by atoms with Crippen LogP contribution in [-0.2, 0) is 4.79 Å². The molecule has 2 N–H and O–H groups in total. The monoisotopic (exact) mass is 338 g/mol. The molecular formula is C17H26N2O3S. The Morgan fingerprint density at radius 3 is 2.83 bits per heavy atom. The SMILES string of the molecule is CCCNCCNC(=O)CCSc1ccc2c(c1)OCCCO2. The molecule has 1 aliphatic heterocycles. The fraction of sp³-hybridized carbons (Fsp3) is 0.588. The molecule has 0 aliphatic carbocycles. The number of hydrogen-bond donors (Lipinski definition) is 2. The molecule has 0 unspecified atom stereocenters. The molecule has 2 rings (SSSR count). The fourth-order valence-corrected chi connectivity index (χ4v) is 3.05. The van der Waals surface area contributed by atoms with Gasteiger partial charge in [-0.1, -0.05) is 6.92 Å². The summed E-state index contributed by atoms with van der Waals surface area (Å²) in [7, 11) is 0. The number of carbonyl (C=O) groups excluding carboxylic acids is 1. The van der Waals surface area contributed by atoms with E-state index in [4.69, 9.17) is 9.47 Å². The lowest BCUT2D eigenvalue weighted by Crippen LogP contribution is -2.32. The van der Waals surface area contributed by atoms with E-state index >= 15 is 0 Å². The highest BCUT2D eigenvalue weighted by Crippen LogP contribution is 2.33. The van der Waals surface area contributed by atoms with Crippen molar-refractivity contribution in [1.29, 1.82) is 0 Å². The minimum absolute atomic E-state index is 0.102. The standard InChI is InChI=1S/C17H26N2O3S/c1-2-7-18-8-9-19-17(20)6-12-23-14-4-5-15-16(13-14)22-11-3-10-21-15/h4-5,13,18H,2-3,6-12H2,1H3,(H,19,20). The van der Waals surface area contributed by atoms with Crippen LogP contribution in [0.25, 0.3) is 0 Å². The van der Waals surface area contributed by atoms with Crippen molar-refractivity contribution in [3.8, 4) is 11.5 Å². The highest BCUT2D eigenvalue weighted by Gasteiger charge is 2.11. The van der Waals surface area contributed by atoms with E-state index in [0.29, 0.717) is 26.2 Å². The predicted octanol–water partition coefficient (Wildman–Crippen LogP) is 2.45. The van der Waals surface area contributed by atoms with Crippen LogP contribution in [0.1, 0.15) is 26.2 Å². The van der Waals surface area contributed by atoms with Crippen LogP contribution in [0.5, 0.6) is 11.5 Å². The number of carbonyl (C=O) groups is 1. The summed E-state index contributed by atoms with van der Waals surface area (Å²) in [5.74, 6) is 2.47. The fourth-order valence-electron chi connectivity index (χ4n) is 2.18. The van der Waals surface area contributed by atoms with E-state index in [9.17, 15) is 4.79 Å². The number of thioether (sulfide) groups is 1. The predicted molar refractivity (Wildman–Crippen MR) is 93.6 cm³/mol. The summed E-state index contributed by atoms with van der Waals surface area (Å²) in [5, 5.41) is 6.19. The maximum Gasteiger partial charge on any atom is 0.220 e. The van der Waals surface area contributed by atoms with Crippen molar-refractivity contribution in [3.63, 3.8) is 0 Å². The molecule has 128 valence electrons. The molecule has 0 fully saturated rings.